The summed E-state index contributed by atoms with van der Waals surface area (Å²) in [7, 11) is 0. The Kier molecular flexibility index (Phi) is 2.14. The van der Waals surface area contributed by atoms with Crippen LogP contribution in [0.3, 0.4) is 0 Å². The first kappa shape index (κ1) is 7.82. The fraction of sp³-hybridized carbons (Fsp3) is 0.571. The number of rotatable bonds is 1. The van der Waals surface area contributed by atoms with Gasteiger partial charge in [-0.2, -0.15) is 0 Å². The molecule has 0 amide bonds. The number of anilines is 2. The molecule has 1 saturated heterocycles. The molecule has 0 saturated carbocycles. The van der Waals surface area contributed by atoms with Crippen LogP contribution in [-0.4, -0.2) is 31.2 Å². The molecule has 0 radical (unpaired) electrons. The summed E-state index contributed by atoms with van der Waals surface area (Å²) in [6, 6.07) is 0. The molecule has 5 heteroatoms. The van der Waals surface area contributed by atoms with E-state index in [0.717, 1.165) is 26.2 Å². The monoisotopic (exact) mass is 184 g/mol. The Labute approximate surface area is 75.4 Å². The molecule has 1 aromatic rings. The van der Waals surface area contributed by atoms with E-state index in [9.17, 15) is 0 Å². The van der Waals surface area contributed by atoms with Crippen LogP contribution in [0.15, 0.2) is 6.20 Å². The molecule has 0 aromatic carbocycles. The van der Waals surface area contributed by atoms with E-state index in [1.54, 1.807) is 11.3 Å². The van der Waals surface area contributed by atoms with E-state index in [1.165, 1.54) is 5.00 Å². The number of aromatic nitrogens is 1. The minimum absolute atomic E-state index is 0.656. The van der Waals surface area contributed by atoms with Crippen LogP contribution in [-0.2, 0) is 0 Å². The van der Waals surface area contributed by atoms with Crippen molar-refractivity contribution in [3.05, 3.63) is 6.20 Å². The van der Waals surface area contributed by atoms with E-state index in [-0.39, 0.29) is 0 Å². The van der Waals surface area contributed by atoms with Gasteiger partial charge < -0.3 is 16.0 Å². The summed E-state index contributed by atoms with van der Waals surface area (Å²) in [4.78, 5) is 6.34. The largest absolute Gasteiger partial charge is 0.375 e. The van der Waals surface area contributed by atoms with Crippen molar-refractivity contribution in [2.45, 2.75) is 0 Å². The second kappa shape index (κ2) is 3.28. The SMILES string of the molecule is Nc1ncc(N2CCNCC2)s1. The van der Waals surface area contributed by atoms with Crippen LogP contribution in [0.4, 0.5) is 10.1 Å². The lowest BCUT2D eigenvalue weighted by atomic mass is 10.4. The Morgan fingerprint density at radius 2 is 2.25 bits per heavy atom. The summed E-state index contributed by atoms with van der Waals surface area (Å²) < 4.78 is 0. The predicted molar refractivity (Wildman–Crippen MR) is 51.6 cm³/mol. The molecule has 2 rings (SSSR count). The maximum absolute atomic E-state index is 5.55. The molecule has 1 aliphatic heterocycles. The van der Waals surface area contributed by atoms with Crippen molar-refractivity contribution in [3.63, 3.8) is 0 Å². The van der Waals surface area contributed by atoms with Gasteiger partial charge in [-0.15, -0.1) is 0 Å². The quantitative estimate of drug-likeness (QED) is 0.651. The van der Waals surface area contributed by atoms with Crippen molar-refractivity contribution in [1.82, 2.24) is 10.3 Å². The molecule has 1 aromatic heterocycles. The maximum atomic E-state index is 5.55. The highest BCUT2D eigenvalue weighted by molar-refractivity contribution is 7.19. The Balaban J connectivity index is 2.08. The zero-order chi connectivity index (χ0) is 8.39. The summed E-state index contributed by atoms with van der Waals surface area (Å²) in [6.45, 7) is 4.22. The van der Waals surface area contributed by atoms with Gasteiger partial charge in [0.1, 0.15) is 5.00 Å². The van der Waals surface area contributed by atoms with Crippen LogP contribution >= 0.6 is 11.3 Å². The molecule has 0 spiro atoms. The van der Waals surface area contributed by atoms with Crippen LogP contribution in [0.1, 0.15) is 0 Å². The van der Waals surface area contributed by atoms with Crippen LogP contribution in [0, 0.1) is 0 Å². The van der Waals surface area contributed by atoms with Crippen LogP contribution in [0.5, 0.6) is 0 Å². The van der Waals surface area contributed by atoms with Gasteiger partial charge in [0, 0.05) is 26.2 Å². The van der Waals surface area contributed by atoms with Crippen molar-refractivity contribution in [3.8, 4) is 0 Å². The average molecular weight is 184 g/mol. The third kappa shape index (κ3) is 1.51. The van der Waals surface area contributed by atoms with Gasteiger partial charge in [0.15, 0.2) is 5.13 Å². The van der Waals surface area contributed by atoms with E-state index < -0.39 is 0 Å². The molecule has 0 unspecified atom stereocenters. The van der Waals surface area contributed by atoms with Crippen LogP contribution < -0.4 is 16.0 Å². The third-order valence-corrected chi connectivity index (χ3v) is 2.83. The minimum atomic E-state index is 0.656. The smallest absolute Gasteiger partial charge is 0.181 e. The maximum Gasteiger partial charge on any atom is 0.181 e. The van der Waals surface area contributed by atoms with Crippen molar-refractivity contribution < 1.29 is 0 Å². The highest BCUT2D eigenvalue weighted by Gasteiger charge is 2.11. The topological polar surface area (TPSA) is 54.2 Å². The molecule has 4 nitrogen and oxygen atoms in total. The van der Waals surface area contributed by atoms with Gasteiger partial charge in [-0.3, -0.25) is 0 Å². The van der Waals surface area contributed by atoms with E-state index in [2.05, 4.69) is 15.2 Å². The van der Waals surface area contributed by atoms with Crippen LogP contribution in [0.2, 0.25) is 0 Å². The fourth-order valence-corrected chi connectivity index (χ4v) is 2.05. The highest BCUT2D eigenvalue weighted by atomic mass is 32.1. The standard InChI is InChI=1S/C7H12N4S/c8-7-10-5-6(12-7)11-3-1-9-2-4-11/h5,9H,1-4H2,(H2,8,10). The Hall–Kier alpha value is -0.810. The van der Waals surface area contributed by atoms with Gasteiger partial charge >= 0.3 is 0 Å². The summed E-state index contributed by atoms with van der Waals surface area (Å²) in [5, 5.41) is 5.15. The molecule has 12 heavy (non-hydrogen) atoms. The van der Waals surface area contributed by atoms with E-state index >= 15 is 0 Å². The molecule has 3 N–H and O–H groups in total. The lowest BCUT2D eigenvalue weighted by Crippen LogP contribution is -2.43. The third-order valence-electron chi connectivity index (χ3n) is 1.94. The van der Waals surface area contributed by atoms with E-state index in [4.69, 9.17) is 5.73 Å². The summed E-state index contributed by atoms with van der Waals surface area (Å²) in [5.74, 6) is 0. The first-order valence-corrected chi connectivity index (χ1v) is 4.85. The van der Waals surface area contributed by atoms with Crippen molar-refractivity contribution >= 4 is 21.5 Å². The Bertz CT molecular complexity index is 254. The van der Waals surface area contributed by atoms with Gasteiger partial charge in [-0.25, -0.2) is 4.98 Å². The van der Waals surface area contributed by atoms with Gasteiger partial charge in [0.05, 0.1) is 6.20 Å². The molecule has 0 bridgehead atoms. The molecule has 1 fully saturated rings. The van der Waals surface area contributed by atoms with Crippen molar-refractivity contribution in [1.29, 1.82) is 0 Å². The summed E-state index contributed by atoms with van der Waals surface area (Å²) >= 11 is 1.56. The molecular weight excluding hydrogens is 172 g/mol. The number of thiazole rings is 1. The average Bonchev–Trinajstić information content (AvgIpc) is 2.54. The molecule has 0 aliphatic carbocycles. The number of nitrogen functional groups attached to an aromatic ring is 1. The number of nitrogens with one attached hydrogen (secondary N) is 1. The minimum Gasteiger partial charge on any atom is -0.375 e. The molecule has 0 atom stereocenters. The second-order valence-corrected chi connectivity index (χ2v) is 3.81. The number of hydrogen-bond donors (Lipinski definition) is 2. The molecule has 66 valence electrons. The van der Waals surface area contributed by atoms with Gasteiger partial charge in [0.2, 0.25) is 0 Å². The predicted octanol–water partition coefficient (Wildman–Crippen LogP) is 0.135. The zero-order valence-corrected chi connectivity index (χ0v) is 7.60. The highest BCUT2D eigenvalue weighted by Crippen LogP contribution is 2.24. The van der Waals surface area contributed by atoms with Gasteiger partial charge in [-0.1, -0.05) is 11.3 Å². The number of piperazine rings is 1. The van der Waals surface area contributed by atoms with Gasteiger partial charge in [-0.05, 0) is 0 Å². The van der Waals surface area contributed by atoms with Crippen molar-refractivity contribution in [2.75, 3.05) is 36.8 Å². The molecule has 1 aliphatic rings. The molecule has 2 heterocycles. The number of nitrogens with zero attached hydrogens (tertiary/aromatic N) is 2. The Morgan fingerprint density at radius 1 is 1.50 bits per heavy atom. The van der Waals surface area contributed by atoms with Crippen molar-refractivity contribution in [2.24, 2.45) is 0 Å². The normalized spacial score (nSPS) is 18.2. The summed E-state index contributed by atoms with van der Waals surface area (Å²) in [5.41, 5.74) is 5.55. The van der Waals surface area contributed by atoms with E-state index in [1.807, 2.05) is 6.20 Å². The fourth-order valence-electron chi connectivity index (χ4n) is 1.31. The Morgan fingerprint density at radius 3 is 2.83 bits per heavy atom. The first-order chi connectivity index (χ1) is 5.86. The van der Waals surface area contributed by atoms with Crippen LogP contribution in [0.25, 0.3) is 0 Å². The zero-order valence-electron chi connectivity index (χ0n) is 6.79. The lowest BCUT2D eigenvalue weighted by Gasteiger charge is -2.27. The summed E-state index contributed by atoms with van der Waals surface area (Å²) in [6.07, 6.45) is 1.85. The lowest BCUT2D eigenvalue weighted by molar-refractivity contribution is 0.591. The number of hydrogen-bond acceptors (Lipinski definition) is 5. The van der Waals surface area contributed by atoms with Gasteiger partial charge in [0.25, 0.3) is 0 Å². The second-order valence-electron chi connectivity index (χ2n) is 2.77. The first-order valence-electron chi connectivity index (χ1n) is 4.03. The van der Waals surface area contributed by atoms with E-state index in [0.29, 0.717) is 5.13 Å². The molecular formula is C7H12N4S. The number of nitrogens with two attached hydrogens (primary N) is 1.